The summed E-state index contributed by atoms with van der Waals surface area (Å²) in [5, 5.41) is 0. The third-order valence-electron chi connectivity index (χ3n) is 11.5. The standard InChI is InChI=1S/C56H100O6/c1-4-7-10-13-16-19-22-25-27-29-31-34-37-40-43-46-49-55(58)61-52-53(51-60-54(57)48-45-42-39-36-33-30-24-21-18-15-12-9-6-3)62-56(59)50-47-44-41-38-35-32-28-26-23-20-17-14-11-8-5-2/h20,23,27,29-30,33,39,42,53H,4-19,21-22,24-26,28,31-32,34-38,40-41,43-52H2,1-3H3/b23-20+,29-27+,33-30+,42-39+. The molecule has 0 amide bonds. The van der Waals surface area contributed by atoms with Gasteiger partial charge in [0.05, 0.1) is 0 Å². The Balaban J connectivity index is 4.43. The van der Waals surface area contributed by atoms with E-state index in [1.165, 1.54) is 167 Å². The highest BCUT2D eigenvalue weighted by atomic mass is 16.6. The van der Waals surface area contributed by atoms with Gasteiger partial charge in [-0.05, 0) is 89.9 Å². The molecule has 0 bridgehead atoms. The van der Waals surface area contributed by atoms with E-state index in [1.807, 2.05) is 6.08 Å². The zero-order chi connectivity index (χ0) is 45.1. The molecule has 0 aromatic carbocycles. The summed E-state index contributed by atoms with van der Waals surface area (Å²) in [7, 11) is 0. The highest BCUT2D eigenvalue weighted by Gasteiger charge is 2.19. The summed E-state index contributed by atoms with van der Waals surface area (Å²) in [6.45, 7) is 6.57. The summed E-state index contributed by atoms with van der Waals surface area (Å²) in [5.41, 5.74) is 0. The zero-order valence-corrected chi connectivity index (χ0v) is 41.1. The van der Waals surface area contributed by atoms with Crippen LogP contribution in [0.3, 0.4) is 0 Å². The minimum atomic E-state index is -0.799. The third-order valence-corrected chi connectivity index (χ3v) is 11.5. The van der Waals surface area contributed by atoms with Gasteiger partial charge in [0, 0.05) is 19.3 Å². The van der Waals surface area contributed by atoms with Gasteiger partial charge in [0.1, 0.15) is 13.2 Å². The van der Waals surface area contributed by atoms with E-state index in [9.17, 15) is 14.4 Å². The number of carbonyl (C=O) groups excluding carboxylic acids is 3. The molecule has 0 spiro atoms. The predicted molar refractivity (Wildman–Crippen MR) is 265 cm³/mol. The Bertz CT molecular complexity index is 1090. The quantitative estimate of drug-likeness (QED) is 0.0262. The maximum Gasteiger partial charge on any atom is 0.306 e. The van der Waals surface area contributed by atoms with Crippen molar-refractivity contribution in [1.29, 1.82) is 0 Å². The molecule has 0 rings (SSSR count). The first kappa shape index (κ1) is 59.4. The normalized spacial score (nSPS) is 12.4. The molecule has 0 aliphatic carbocycles. The highest BCUT2D eigenvalue weighted by Crippen LogP contribution is 2.14. The van der Waals surface area contributed by atoms with E-state index in [-0.39, 0.29) is 37.5 Å². The second-order valence-electron chi connectivity index (χ2n) is 17.8. The summed E-state index contributed by atoms with van der Waals surface area (Å²) in [6.07, 6.45) is 61.0. The van der Waals surface area contributed by atoms with Crippen molar-refractivity contribution < 1.29 is 28.6 Å². The Kier molecular flexibility index (Phi) is 48.8. The van der Waals surface area contributed by atoms with Crippen LogP contribution in [0.5, 0.6) is 0 Å². The van der Waals surface area contributed by atoms with Crippen molar-refractivity contribution in [3.8, 4) is 0 Å². The summed E-state index contributed by atoms with van der Waals surface area (Å²) in [4.78, 5) is 37.9. The first-order chi connectivity index (χ1) is 30.5. The molecule has 62 heavy (non-hydrogen) atoms. The van der Waals surface area contributed by atoms with Gasteiger partial charge in [-0.1, -0.05) is 211 Å². The van der Waals surface area contributed by atoms with E-state index in [2.05, 4.69) is 63.3 Å². The molecule has 360 valence electrons. The molecule has 0 fully saturated rings. The van der Waals surface area contributed by atoms with E-state index < -0.39 is 6.10 Å². The largest absolute Gasteiger partial charge is 0.462 e. The van der Waals surface area contributed by atoms with Crippen LogP contribution in [0.15, 0.2) is 48.6 Å². The fraction of sp³-hybridized carbons (Fsp3) is 0.804. The molecule has 0 aliphatic heterocycles. The van der Waals surface area contributed by atoms with Crippen molar-refractivity contribution in [2.75, 3.05) is 13.2 Å². The number of hydrogen-bond donors (Lipinski definition) is 0. The number of rotatable bonds is 48. The first-order valence-corrected chi connectivity index (χ1v) is 26.6. The van der Waals surface area contributed by atoms with Crippen LogP contribution in [0.1, 0.15) is 271 Å². The average Bonchev–Trinajstić information content (AvgIpc) is 3.27. The minimum absolute atomic E-state index is 0.0952. The molecule has 0 saturated heterocycles. The van der Waals surface area contributed by atoms with Gasteiger partial charge >= 0.3 is 17.9 Å². The number of allylic oxidation sites excluding steroid dienone is 8. The van der Waals surface area contributed by atoms with Gasteiger partial charge in [-0.3, -0.25) is 14.4 Å². The SMILES string of the molecule is CCCCCC/C=C/CCCCCCCCCC(=O)OC(COC(=O)CC/C=C/C/C=C/CCCCCCCC)COC(=O)CCCCCCC/C=C/CCCCCCCCC. The second kappa shape index (κ2) is 51.0. The summed E-state index contributed by atoms with van der Waals surface area (Å²) >= 11 is 0. The molecular formula is C56H100O6. The summed E-state index contributed by atoms with van der Waals surface area (Å²) in [6, 6.07) is 0. The summed E-state index contributed by atoms with van der Waals surface area (Å²) < 4.78 is 16.7. The Labute approximate surface area is 384 Å². The van der Waals surface area contributed by atoms with Crippen molar-refractivity contribution in [3.63, 3.8) is 0 Å². The molecule has 1 unspecified atom stereocenters. The van der Waals surface area contributed by atoms with Gasteiger partial charge < -0.3 is 14.2 Å². The second-order valence-corrected chi connectivity index (χ2v) is 17.8. The van der Waals surface area contributed by atoms with E-state index in [0.717, 1.165) is 57.8 Å². The van der Waals surface area contributed by atoms with Crippen molar-refractivity contribution >= 4 is 17.9 Å². The van der Waals surface area contributed by atoms with Gasteiger partial charge in [-0.25, -0.2) is 0 Å². The Morgan fingerprint density at radius 1 is 0.323 bits per heavy atom. The average molecular weight is 869 g/mol. The maximum atomic E-state index is 12.8. The van der Waals surface area contributed by atoms with Crippen molar-refractivity contribution in [2.24, 2.45) is 0 Å². The fourth-order valence-corrected chi connectivity index (χ4v) is 7.48. The van der Waals surface area contributed by atoms with Crippen LogP contribution in [-0.2, 0) is 28.6 Å². The Morgan fingerprint density at radius 3 is 1.02 bits per heavy atom. The molecule has 1 atom stereocenters. The Hall–Kier alpha value is -2.63. The van der Waals surface area contributed by atoms with Crippen molar-refractivity contribution in [2.45, 2.75) is 277 Å². The molecule has 0 N–H and O–H groups in total. The predicted octanol–water partition coefficient (Wildman–Crippen LogP) is 17.5. The van der Waals surface area contributed by atoms with Crippen LogP contribution in [0.25, 0.3) is 0 Å². The molecule has 0 aromatic heterocycles. The minimum Gasteiger partial charge on any atom is -0.462 e. The lowest BCUT2D eigenvalue weighted by Crippen LogP contribution is -2.30. The van der Waals surface area contributed by atoms with Gasteiger partial charge in [0.15, 0.2) is 6.10 Å². The van der Waals surface area contributed by atoms with Gasteiger partial charge in [0.2, 0.25) is 0 Å². The van der Waals surface area contributed by atoms with E-state index in [4.69, 9.17) is 14.2 Å². The molecule has 0 radical (unpaired) electrons. The topological polar surface area (TPSA) is 78.9 Å². The van der Waals surface area contributed by atoms with E-state index in [1.54, 1.807) is 0 Å². The molecule has 0 aromatic rings. The molecular weight excluding hydrogens is 769 g/mol. The molecule has 0 heterocycles. The number of unbranched alkanes of at least 4 members (excludes halogenated alkanes) is 29. The summed E-state index contributed by atoms with van der Waals surface area (Å²) in [5.74, 6) is -0.971. The molecule has 0 aliphatic rings. The van der Waals surface area contributed by atoms with Crippen molar-refractivity contribution in [3.05, 3.63) is 48.6 Å². The number of hydrogen-bond acceptors (Lipinski definition) is 6. The molecule has 6 nitrogen and oxygen atoms in total. The van der Waals surface area contributed by atoms with E-state index >= 15 is 0 Å². The van der Waals surface area contributed by atoms with Crippen LogP contribution >= 0.6 is 0 Å². The lowest BCUT2D eigenvalue weighted by atomic mass is 10.1. The monoisotopic (exact) mass is 869 g/mol. The van der Waals surface area contributed by atoms with Crippen LogP contribution in [0, 0.1) is 0 Å². The zero-order valence-electron chi connectivity index (χ0n) is 41.1. The van der Waals surface area contributed by atoms with Crippen LogP contribution in [0.4, 0.5) is 0 Å². The smallest absolute Gasteiger partial charge is 0.306 e. The van der Waals surface area contributed by atoms with E-state index in [0.29, 0.717) is 19.3 Å². The van der Waals surface area contributed by atoms with Crippen LogP contribution in [-0.4, -0.2) is 37.2 Å². The first-order valence-electron chi connectivity index (χ1n) is 26.6. The number of carbonyl (C=O) groups is 3. The fourth-order valence-electron chi connectivity index (χ4n) is 7.48. The molecule has 0 saturated carbocycles. The van der Waals surface area contributed by atoms with Crippen molar-refractivity contribution in [1.82, 2.24) is 0 Å². The maximum absolute atomic E-state index is 12.8. The van der Waals surface area contributed by atoms with Gasteiger partial charge in [-0.2, -0.15) is 0 Å². The van der Waals surface area contributed by atoms with Gasteiger partial charge in [-0.15, -0.1) is 0 Å². The highest BCUT2D eigenvalue weighted by molar-refractivity contribution is 5.71. The number of esters is 3. The number of ether oxygens (including phenoxy) is 3. The lowest BCUT2D eigenvalue weighted by molar-refractivity contribution is -0.166. The van der Waals surface area contributed by atoms with Gasteiger partial charge in [0.25, 0.3) is 0 Å². The molecule has 6 heteroatoms. The van der Waals surface area contributed by atoms with Crippen LogP contribution in [0.2, 0.25) is 0 Å². The Morgan fingerprint density at radius 2 is 0.613 bits per heavy atom. The third kappa shape index (κ3) is 48.4. The lowest BCUT2D eigenvalue weighted by Gasteiger charge is -2.18. The van der Waals surface area contributed by atoms with Crippen LogP contribution < -0.4 is 0 Å².